The summed E-state index contributed by atoms with van der Waals surface area (Å²) in [5.74, 6) is 11.0. The Balaban J connectivity index is -0.0000000440. The van der Waals surface area contributed by atoms with Gasteiger partial charge in [-0.2, -0.15) is 30.6 Å². The number of nitro groups is 1. The number of H-pyrrole nitrogens is 5. The molecule has 0 bridgehead atoms. The van der Waals surface area contributed by atoms with E-state index in [1.54, 1.807) is 44.1 Å². The van der Waals surface area contributed by atoms with E-state index in [-0.39, 0.29) is 193 Å². The van der Waals surface area contributed by atoms with Gasteiger partial charge in [0.25, 0.3) is 0 Å². The molecule has 0 aliphatic rings. The van der Waals surface area contributed by atoms with E-state index in [9.17, 15) is 14.9 Å². The molecular weight excluding hydrogens is 2090 g/mol. The van der Waals surface area contributed by atoms with E-state index in [1.165, 1.54) is 30.5 Å². The molecule has 0 saturated carbocycles. The minimum absolute atomic E-state index is 0. The Kier molecular flexibility index (Phi) is 96.1. The predicted octanol–water partition coefficient (Wildman–Crippen LogP) is 19.3. The third-order valence-corrected chi connectivity index (χ3v) is 9.61. The number of imidazole rings is 4. The van der Waals surface area contributed by atoms with E-state index < -0.39 is 16.2 Å². The molecule has 0 aliphatic carbocycles. The van der Waals surface area contributed by atoms with Crippen LogP contribution in [0.25, 0.3) is 46.6 Å². The van der Waals surface area contributed by atoms with Crippen LogP contribution in [0.5, 0.6) is 0 Å². The topological polar surface area (TPSA) is 307 Å². The number of nitrogens with zero attached hydrogens (tertiary/aromatic N) is 12. The van der Waals surface area contributed by atoms with Crippen molar-refractivity contribution in [1.29, 1.82) is 0 Å². The third-order valence-electron chi connectivity index (χ3n) is 9.61. The molecule has 21 nitrogen and oxygen atoms in total. The maximum atomic E-state index is 11.5. The molecule has 7 N–H and O–H groups in total. The van der Waals surface area contributed by atoms with Crippen LogP contribution >= 0.6 is 62.3 Å². The molecule has 31 heteroatoms. The number of hydrogen-bond acceptors (Lipinski definition) is 15. The predicted molar refractivity (Wildman–Crippen MR) is 394 cm³/mol. The van der Waals surface area contributed by atoms with Crippen LogP contribution in [0, 0.1) is 112 Å². The van der Waals surface area contributed by atoms with Crippen molar-refractivity contribution in [2.45, 2.75) is 147 Å². The van der Waals surface area contributed by atoms with Gasteiger partial charge in [-0.15, -0.1) is 125 Å². The van der Waals surface area contributed by atoms with E-state index in [0.29, 0.717) is 34.8 Å². The fourth-order valence-corrected chi connectivity index (χ4v) is 6.35. The van der Waals surface area contributed by atoms with Crippen LogP contribution < -0.4 is 11.3 Å². The quantitative estimate of drug-likeness (QED) is 0.0339. The monoisotopic (exact) mass is 2210 g/mol. The first-order valence-corrected chi connectivity index (χ1v) is 28.6. The molecule has 0 aromatic carbocycles. The summed E-state index contributed by atoms with van der Waals surface area (Å²) in [6.45, 7) is 36.8. The smallest absolute Gasteiger partial charge is 0.396 e. The molecule has 0 saturated heterocycles. The van der Waals surface area contributed by atoms with Crippen LogP contribution in [0.4, 0.5) is 11.4 Å². The molecule has 8 aromatic rings. The fourth-order valence-electron chi connectivity index (χ4n) is 6.35. The molecule has 8 aromatic heterocycles. The van der Waals surface area contributed by atoms with Gasteiger partial charge in [-0.05, 0) is 30.8 Å². The second kappa shape index (κ2) is 70.5. The van der Waals surface area contributed by atoms with Gasteiger partial charge in [-0.1, -0.05) is 110 Å². The molecule has 8 rings (SSSR count). The van der Waals surface area contributed by atoms with Crippen molar-refractivity contribution in [1.82, 2.24) is 79.7 Å². The molecule has 8 heterocycles. The van der Waals surface area contributed by atoms with Crippen molar-refractivity contribution in [3.05, 3.63) is 181 Å². The molecule has 0 aliphatic heterocycles. The van der Waals surface area contributed by atoms with Gasteiger partial charge in [-0.25, -0.2) is 34.9 Å². The van der Waals surface area contributed by atoms with E-state index in [4.69, 9.17) is 28.9 Å². The van der Waals surface area contributed by atoms with Crippen molar-refractivity contribution < 1.29 is 128 Å². The number of nitrogen functional groups attached to an aromatic ring is 1. The molecule has 0 unspecified atom stereocenters. The van der Waals surface area contributed by atoms with E-state index in [1.807, 2.05) is 88.9 Å². The molecule has 93 heavy (non-hydrogen) atoms. The number of anilines is 1. The number of nitrogens with two attached hydrogens (primary N) is 1. The molecule has 0 atom stereocenters. The van der Waals surface area contributed by atoms with Gasteiger partial charge in [0.2, 0.25) is 0 Å². The number of hydrogen-bond donors (Lipinski definition) is 6. The maximum Gasteiger partial charge on any atom is 2.00 e. The van der Waals surface area contributed by atoms with Gasteiger partial charge in [0.15, 0.2) is 46.6 Å². The summed E-state index contributed by atoms with van der Waals surface area (Å²) in [7, 11) is 0. The van der Waals surface area contributed by atoms with Crippen LogP contribution in [-0.4, -0.2) is 109 Å². The standard InChI is InChI=1S/2C12H15N4.C11H12N5O3.C11H14N5.C2H6.C2H5.CH3Br.CH2Cl2.2CH3Cl.4CH4.4CH3.4W.Y.4H2/c2*1-7(2)10-9(4)15-12(16-10)11-13-5-8(3)6-14-11;1-5(2)8-6(3)13-10(14-8)9-12-4-7(16(18)19)11(17)15-9;1-6(2)9-7(3)15-11(16-9)10-13-4-8(12)5-14-10;3*1-2;2-1-3;2*1-2;;;;;;;;;;;;;;;;;/h2*5-6H,1-4H3,(H,15,16);4H,1-3H3,(H,13,14)(H,12,15,17);4-5H,12H2,1-3H3,(H,15,16);1-2H3;1H2,2H3;1H3;1H2;2*1H3;4*1H4;4*1H3;;;;;;4*1H/q4*-1;;-1;;;;;;;;;4*-1;4*+2;;;;;/i;;;;;;;;;;;;;;;;;;;;;;;4*1+1. The Bertz CT molecular complexity index is 2830. The van der Waals surface area contributed by atoms with Crippen molar-refractivity contribution in [3.63, 3.8) is 0 Å². The molecule has 533 valence electrons. The number of alkyl halides is 5. The minimum atomic E-state index is -0.803. The Labute approximate surface area is 678 Å². The minimum Gasteiger partial charge on any atom is -0.396 e. The molecule has 0 fully saturated rings. The van der Waals surface area contributed by atoms with E-state index in [2.05, 4.69) is 153 Å². The van der Waals surface area contributed by atoms with Gasteiger partial charge in [-0.3, -0.25) is 19.9 Å². The van der Waals surface area contributed by atoms with Gasteiger partial charge >= 0.3 is 95.5 Å². The van der Waals surface area contributed by atoms with Crippen LogP contribution in [0.2, 0.25) is 0 Å². The van der Waals surface area contributed by atoms with Crippen LogP contribution in [-0.2, 0) is 117 Å². The normalized spacial score (nSPS) is 8.06. The number of aryl methyl sites for hydroxylation is 6. The Morgan fingerprint density at radius 2 is 0.699 bits per heavy atom. The van der Waals surface area contributed by atoms with Gasteiger partial charge in [0.1, 0.15) is 6.20 Å². The van der Waals surface area contributed by atoms with E-state index >= 15 is 0 Å². The molecule has 1 radical (unpaired) electrons. The van der Waals surface area contributed by atoms with Crippen molar-refractivity contribution >= 4 is 73.7 Å². The van der Waals surface area contributed by atoms with Crippen molar-refractivity contribution in [2.24, 2.45) is 0 Å². The number of rotatable bonds is 9. The molecule has 0 amide bonds. The van der Waals surface area contributed by atoms with Crippen molar-refractivity contribution in [3.8, 4) is 46.6 Å². The Hall–Kier alpha value is -2.86. The molecule has 0 spiro atoms. The second-order valence-electron chi connectivity index (χ2n) is 16.5. The summed E-state index contributed by atoms with van der Waals surface area (Å²) in [5, 5.41) is 10.7. The average Bonchev–Trinajstić information content (AvgIpc) is 1.78. The Morgan fingerprint density at radius 3 is 0.903 bits per heavy atom. The maximum absolute atomic E-state index is 11.5. The zero-order chi connectivity index (χ0) is 62.0. The number of aromatic nitrogens is 16. The van der Waals surface area contributed by atoms with Gasteiger partial charge in [0.05, 0.1) is 28.3 Å². The fraction of sp³-hybridized carbons (Fsp3) is 0.403. The first kappa shape index (κ1) is 127. The zero-order valence-electron chi connectivity index (χ0n) is 55.7. The van der Waals surface area contributed by atoms with Gasteiger partial charge in [0, 0.05) is 76.0 Å². The first-order valence-electron chi connectivity index (χ1n) is 24.4. The molecular formula is C62H114BrCl4N18O3W4Y-. The summed E-state index contributed by atoms with van der Waals surface area (Å²) in [6.07, 6.45) is 14.2. The SMILES string of the molecule is C.C.C.C.CBr.CC.CCl.CCl.Cc1cnc(-c2nc(C)c([C-](C)C)[nH]2)nc1.Cc1cnc(-c2nc(C)c([C-](C)C)[nH]2)nc1.Cc1nc(-c2ncc(N)cn2)[nH]c1[C-](C)C.Cc1nc(-c2ncc([N+](=O)[O-])c(=O)[nH]2)[nH]c1[C-](C)C.ClCCl.[2HH].[2HH].[2HH].[2HH].[CH2-]C.[CH3-].[CH3-].[CH3-].[CH3-].[W+2].[W+2].[W+2].[W+2].[Y]. The van der Waals surface area contributed by atoms with Crippen molar-refractivity contribution in [2.75, 3.05) is 29.7 Å². The summed E-state index contributed by atoms with van der Waals surface area (Å²) in [5.41, 5.74) is 14.5. The van der Waals surface area contributed by atoms with Crippen LogP contribution in [0.15, 0.2) is 48.2 Å². The average molecular weight is 2210 g/mol. The van der Waals surface area contributed by atoms with E-state index in [0.717, 1.165) is 80.4 Å². The second-order valence-corrected chi connectivity index (χ2v) is 17.3. The summed E-state index contributed by atoms with van der Waals surface area (Å²) >= 11 is 21.7. The summed E-state index contributed by atoms with van der Waals surface area (Å²) in [6, 6.07) is 0. The first-order chi connectivity index (χ1) is 38.0. The number of aromatic amines is 5. The van der Waals surface area contributed by atoms with Gasteiger partial charge < -0.3 is 82.2 Å². The van der Waals surface area contributed by atoms with Crippen LogP contribution in [0.3, 0.4) is 0 Å². The summed E-state index contributed by atoms with van der Waals surface area (Å²) in [4.78, 5) is 82.9. The zero-order valence-corrected chi connectivity index (χ0v) is 74.9. The number of halogens is 5. The number of nitrogens with one attached hydrogen (secondary N) is 5. The van der Waals surface area contributed by atoms with Crippen LogP contribution in [0.1, 0.15) is 168 Å². The largest absolute Gasteiger partial charge is 2.00 e. The summed E-state index contributed by atoms with van der Waals surface area (Å²) < 4.78 is 0. The third kappa shape index (κ3) is 43.9. The Morgan fingerprint density at radius 1 is 0.484 bits per heavy atom.